The van der Waals surface area contributed by atoms with Gasteiger partial charge in [-0.2, -0.15) is 0 Å². The van der Waals surface area contributed by atoms with Crippen molar-refractivity contribution < 1.29 is 13.6 Å². The van der Waals surface area contributed by atoms with Crippen molar-refractivity contribution in [3.8, 4) is 16.8 Å². The second kappa shape index (κ2) is 9.39. The van der Waals surface area contributed by atoms with Gasteiger partial charge in [-0.25, -0.2) is 13.5 Å². The number of fused-ring (bicyclic) bond motifs is 4. The van der Waals surface area contributed by atoms with E-state index in [-0.39, 0.29) is 17.5 Å². The van der Waals surface area contributed by atoms with E-state index in [0.717, 1.165) is 40.9 Å². The molecule has 8 rings (SSSR count). The molecule has 1 fully saturated rings. The van der Waals surface area contributed by atoms with Gasteiger partial charge in [-0.15, -0.1) is 5.10 Å². The summed E-state index contributed by atoms with van der Waals surface area (Å²) >= 11 is 6.34. The monoisotopic (exact) mass is 583 g/mol. The lowest BCUT2D eigenvalue weighted by atomic mass is 9.87. The SMILES string of the molecule is O=C1CCc2cc(C3=CN=C([C@@H]4[C@H]5C[C@H]5c5cc(-c6cc(Cl)ccc6-n6cc(C(F)F)nn6)cc(=O)n54)C3)ccc2C1. The van der Waals surface area contributed by atoms with E-state index < -0.39 is 12.1 Å². The summed E-state index contributed by atoms with van der Waals surface area (Å²) in [5.74, 6) is 0.867. The fourth-order valence-corrected chi connectivity index (χ4v) is 7.05. The lowest BCUT2D eigenvalue weighted by molar-refractivity contribution is -0.118. The van der Waals surface area contributed by atoms with Crippen LogP contribution in [0.1, 0.15) is 65.7 Å². The van der Waals surface area contributed by atoms with Crippen LogP contribution < -0.4 is 5.56 Å². The van der Waals surface area contributed by atoms with E-state index in [0.29, 0.717) is 52.8 Å². The molecular weight excluding hydrogens is 560 g/mol. The third kappa shape index (κ3) is 4.09. The molecule has 0 spiro atoms. The maximum Gasteiger partial charge on any atom is 0.283 e. The highest BCUT2D eigenvalue weighted by molar-refractivity contribution is 6.31. The Hall–Kier alpha value is -4.24. The molecule has 0 N–H and O–H groups in total. The third-order valence-electron chi connectivity index (χ3n) is 8.99. The van der Waals surface area contributed by atoms with Gasteiger partial charge in [0.15, 0.2) is 0 Å². The highest BCUT2D eigenvalue weighted by atomic mass is 35.5. The molecule has 4 heterocycles. The van der Waals surface area contributed by atoms with Crippen LogP contribution in [0.5, 0.6) is 0 Å². The van der Waals surface area contributed by atoms with Crippen LogP contribution in [0, 0.1) is 5.92 Å². The molecule has 0 unspecified atom stereocenters. The average molecular weight is 584 g/mol. The van der Waals surface area contributed by atoms with Gasteiger partial charge in [0.2, 0.25) is 0 Å². The number of nitrogens with zero attached hydrogens (tertiary/aromatic N) is 5. The number of alkyl halides is 2. The Balaban J connectivity index is 1.11. The number of ketones is 1. The smallest absolute Gasteiger partial charge is 0.283 e. The number of pyridine rings is 1. The molecule has 0 saturated heterocycles. The van der Waals surface area contributed by atoms with Gasteiger partial charge < -0.3 is 4.57 Å². The minimum Gasteiger partial charge on any atom is -0.303 e. The number of carbonyl (C=O) groups excluding carboxylic acids is 1. The zero-order valence-electron chi connectivity index (χ0n) is 22.3. The fraction of sp³-hybridized carbons (Fsp3) is 0.281. The van der Waals surface area contributed by atoms with Crippen molar-refractivity contribution in [3.63, 3.8) is 0 Å². The first kappa shape index (κ1) is 25.5. The Bertz CT molecular complexity index is 1940. The average Bonchev–Trinajstić information content (AvgIpc) is 3.30. The summed E-state index contributed by atoms with van der Waals surface area (Å²) in [5.41, 5.74) is 7.76. The molecule has 210 valence electrons. The number of hydrogen-bond donors (Lipinski definition) is 0. The van der Waals surface area contributed by atoms with E-state index >= 15 is 0 Å². The Kier molecular flexibility index (Phi) is 5.69. The number of aryl methyl sites for hydroxylation is 1. The van der Waals surface area contributed by atoms with Crippen LogP contribution in [0.4, 0.5) is 8.78 Å². The molecule has 4 aromatic rings. The van der Waals surface area contributed by atoms with Crippen LogP contribution in [-0.2, 0) is 17.6 Å². The Morgan fingerprint density at radius 2 is 1.83 bits per heavy atom. The second-order valence-electron chi connectivity index (χ2n) is 11.5. The van der Waals surface area contributed by atoms with Crippen LogP contribution in [0.15, 0.2) is 70.7 Å². The van der Waals surface area contributed by atoms with E-state index in [4.69, 9.17) is 16.6 Å². The molecular formula is C32H24ClF2N5O2. The molecule has 10 heteroatoms. The van der Waals surface area contributed by atoms with Crippen molar-refractivity contribution in [3.05, 3.63) is 104 Å². The van der Waals surface area contributed by atoms with E-state index in [1.807, 2.05) is 16.8 Å². The molecule has 0 amide bonds. The molecule has 2 aliphatic carbocycles. The molecule has 0 radical (unpaired) electrons. The minimum atomic E-state index is -2.74. The zero-order chi connectivity index (χ0) is 28.7. The summed E-state index contributed by atoms with van der Waals surface area (Å²) in [4.78, 5) is 30.4. The zero-order valence-corrected chi connectivity index (χ0v) is 23.1. The summed E-state index contributed by atoms with van der Waals surface area (Å²) in [5, 5.41) is 7.93. The number of Topliss-reactive ketones (excluding diaryl/α,β-unsaturated/α-hetero) is 1. The number of aromatic nitrogens is 4. The van der Waals surface area contributed by atoms with Crippen molar-refractivity contribution in [1.29, 1.82) is 0 Å². The first-order valence-corrected chi connectivity index (χ1v) is 14.4. The van der Waals surface area contributed by atoms with Gasteiger partial charge in [-0.05, 0) is 70.9 Å². The first-order valence-electron chi connectivity index (χ1n) is 14.0. The van der Waals surface area contributed by atoms with Crippen molar-refractivity contribution in [2.45, 2.75) is 50.5 Å². The standard InChI is InChI=1S/C32H24ClF2N5O2/c33-21-4-6-28(39-15-27(32(34)35)37-38-39)23(12-21)19-10-29-24-13-25(24)31(40(29)30(42)11-19)26-9-20(14-36-26)17-1-2-18-8-22(41)5-3-16(18)7-17/h1-2,4,6-7,10-12,14-15,24-25,31-32H,3,5,8-9,13H2/t24-,25+,31+/m1/s1. The van der Waals surface area contributed by atoms with Crippen molar-refractivity contribution in [2.24, 2.45) is 10.9 Å². The lowest BCUT2D eigenvalue weighted by Crippen LogP contribution is -2.29. The molecule has 3 atom stereocenters. The predicted molar refractivity (Wildman–Crippen MR) is 154 cm³/mol. The van der Waals surface area contributed by atoms with Crippen LogP contribution in [-0.4, -0.2) is 31.1 Å². The summed E-state index contributed by atoms with van der Waals surface area (Å²) < 4.78 is 29.6. The summed E-state index contributed by atoms with van der Waals surface area (Å²) in [6.07, 6.45) is 3.91. The van der Waals surface area contributed by atoms with Crippen LogP contribution in [0.3, 0.4) is 0 Å². The molecule has 2 aromatic carbocycles. The van der Waals surface area contributed by atoms with Crippen molar-refractivity contribution >= 4 is 28.7 Å². The summed E-state index contributed by atoms with van der Waals surface area (Å²) in [6, 6.07) is 14.9. The molecule has 2 aromatic heterocycles. The molecule has 42 heavy (non-hydrogen) atoms. The Morgan fingerprint density at radius 3 is 2.67 bits per heavy atom. The Labute approximate surface area is 244 Å². The quantitative estimate of drug-likeness (QED) is 0.276. The highest BCUT2D eigenvalue weighted by Gasteiger charge is 2.54. The lowest BCUT2D eigenvalue weighted by Gasteiger charge is -2.20. The van der Waals surface area contributed by atoms with Gasteiger partial charge in [-0.1, -0.05) is 35.0 Å². The number of carbonyl (C=O) groups is 1. The van der Waals surface area contributed by atoms with Crippen LogP contribution >= 0.6 is 11.6 Å². The number of halogens is 3. The largest absolute Gasteiger partial charge is 0.303 e. The number of rotatable bonds is 5. The second-order valence-corrected chi connectivity index (χ2v) is 12.0. The van der Waals surface area contributed by atoms with Gasteiger partial charge in [0, 0.05) is 59.4 Å². The number of allylic oxidation sites excluding steroid dienone is 1. The highest BCUT2D eigenvalue weighted by Crippen LogP contribution is 2.60. The van der Waals surface area contributed by atoms with Crippen LogP contribution in [0.2, 0.25) is 5.02 Å². The van der Waals surface area contributed by atoms with Crippen molar-refractivity contribution in [1.82, 2.24) is 19.6 Å². The molecule has 1 saturated carbocycles. The third-order valence-corrected chi connectivity index (χ3v) is 9.22. The summed E-state index contributed by atoms with van der Waals surface area (Å²) in [7, 11) is 0. The molecule has 0 bridgehead atoms. The predicted octanol–water partition coefficient (Wildman–Crippen LogP) is 6.29. The Morgan fingerprint density at radius 1 is 0.952 bits per heavy atom. The van der Waals surface area contributed by atoms with Gasteiger partial charge in [0.25, 0.3) is 12.0 Å². The fourth-order valence-electron chi connectivity index (χ4n) is 6.87. The van der Waals surface area contributed by atoms with Gasteiger partial charge in [-0.3, -0.25) is 14.6 Å². The molecule has 2 aliphatic heterocycles. The van der Waals surface area contributed by atoms with E-state index in [1.165, 1.54) is 16.4 Å². The van der Waals surface area contributed by atoms with Crippen LogP contribution in [0.25, 0.3) is 22.4 Å². The number of aliphatic imine (C=N–C) groups is 1. The normalized spacial score (nSPS) is 22.1. The maximum absolute atomic E-state index is 13.7. The molecule has 4 aliphatic rings. The van der Waals surface area contributed by atoms with Gasteiger partial charge in [0.05, 0.1) is 17.9 Å². The van der Waals surface area contributed by atoms with E-state index in [2.05, 4.69) is 28.5 Å². The first-order chi connectivity index (χ1) is 20.3. The topological polar surface area (TPSA) is 82.1 Å². The number of hydrogen-bond acceptors (Lipinski definition) is 5. The van der Waals surface area contributed by atoms with Gasteiger partial charge >= 0.3 is 0 Å². The summed E-state index contributed by atoms with van der Waals surface area (Å²) in [6.45, 7) is 0. The number of benzene rings is 2. The van der Waals surface area contributed by atoms with Crippen molar-refractivity contribution in [2.75, 3.05) is 0 Å². The van der Waals surface area contributed by atoms with E-state index in [9.17, 15) is 18.4 Å². The molecule has 7 nitrogen and oxygen atoms in total. The van der Waals surface area contributed by atoms with Gasteiger partial charge in [0.1, 0.15) is 11.5 Å². The minimum absolute atomic E-state index is 0.0988. The maximum atomic E-state index is 13.7. The van der Waals surface area contributed by atoms with E-state index in [1.54, 1.807) is 24.3 Å².